The van der Waals surface area contributed by atoms with E-state index in [0.717, 1.165) is 13.1 Å². The van der Waals surface area contributed by atoms with E-state index in [1.807, 2.05) is 18.7 Å². The number of carbonyl (C=O) groups is 1. The molecule has 0 fully saturated rings. The molecule has 0 aromatic carbocycles. The average molecular weight is 175 g/mol. The lowest BCUT2D eigenvalue weighted by molar-refractivity contribution is -0.145. The van der Waals surface area contributed by atoms with Gasteiger partial charge < -0.3 is 9.84 Å². The number of carboxylic acid groups (broad SMARTS) is 1. The van der Waals surface area contributed by atoms with Gasteiger partial charge in [0.1, 0.15) is 6.04 Å². The summed E-state index contributed by atoms with van der Waals surface area (Å²) in [4.78, 5) is 12.6. The highest BCUT2D eigenvalue weighted by Crippen LogP contribution is 1.99. The molecule has 0 rings (SSSR count). The molecule has 12 heavy (non-hydrogen) atoms. The van der Waals surface area contributed by atoms with Crippen molar-refractivity contribution in [1.29, 1.82) is 0 Å². The topological polar surface area (TPSA) is 49.8 Å². The maximum atomic E-state index is 10.7. The van der Waals surface area contributed by atoms with E-state index in [1.54, 1.807) is 0 Å². The van der Waals surface area contributed by atoms with Crippen LogP contribution in [0.3, 0.4) is 0 Å². The first-order valence-electron chi connectivity index (χ1n) is 4.13. The fraction of sp³-hybridized carbons (Fsp3) is 0.875. The standard InChI is InChI=1S/C8H17NO3/c1-4-9(5-2)7(6-12-3)8(10)11/h7H,4-6H2,1-3H3,(H,10,11)/t7-/m1/s1. The Bertz CT molecular complexity index is 134. The minimum atomic E-state index is -0.819. The number of nitrogens with zero attached hydrogens (tertiary/aromatic N) is 1. The smallest absolute Gasteiger partial charge is 0.323 e. The molecule has 0 amide bonds. The summed E-state index contributed by atoms with van der Waals surface area (Å²) in [7, 11) is 1.51. The molecule has 0 aliphatic rings. The van der Waals surface area contributed by atoms with Crippen molar-refractivity contribution in [2.75, 3.05) is 26.8 Å². The molecule has 0 saturated heterocycles. The van der Waals surface area contributed by atoms with Crippen molar-refractivity contribution in [3.05, 3.63) is 0 Å². The van der Waals surface area contributed by atoms with Crippen molar-refractivity contribution in [1.82, 2.24) is 4.90 Å². The number of ether oxygens (including phenoxy) is 1. The van der Waals surface area contributed by atoms with Crippen molar-refractivity contribution in [2.24, 2.45) is 0 Å². The molecule has 0 bridgehead atoms. The maximum Gasteiger partial charge on any atom is 0.323 e. The van der Waals surface area contributed by atoms with E-state index in [0.29, 0.717) is 0 Å². The largest absolute Gasteiger partial charge is 0.480 e. The number of aliphatic carboxylic acids is 1. The van der Waals surface area contributed by atoms with Gasteiger partial charge >= 0.3 is 5.97 Å². The van der Waals surface area contributed by atoms with Crippen molar-refractivity contribution in [3.8, 4) is 0 Å². The molecule has 0 aliphatic carbocycles. The third kappa shape index (κ3) is 3.19. The molecular formula is C8H17NO3. The van der Waals surface area contributed by atoms with Crippen LogP contribution >= 0.6 is 0 Å². The summed E-state index contributed by atoms with van der Waals surface area (Å²) in [6, 6.07) is -0.509. The summed E-state index contributed by atoms with van der Waals surface area (Å²) < 4.78 is 4.83. The van der Waals surface area contributed by atoms with Crippen LogP contribution in [0.15, 0.2) is 0 Å². The first-order valence-corrected chi connectivity index (χ1v) is 4.13. The molecule has 1 atom stereocenters. The van der Waals surface area contributed by atoms with Gasteiger partial charge in [-0.2, -0.15) is 0 Å². The molecule has 0 unspecified atom stereocenters. The van der Waals surface area contributed by atoms with Crippen LogP contribution < -0.4 is 0 Å². The third-order valence-electron chi connectivity index (χ3n) is 1.86. The Kier molecular flexibility index (Phi) is 5.66. The lowest BCUT2D eigenvalue weighted by Crippen LogP contribution is -2.43. The summed E-state index contributed by atoms with van der Waals surface area (Å²) in [6.07, 6.45) is 0. The Morgan fingerprint density at radius 3 is 2.25 bits per heavy atom. The Balaban J connectivity index is 4.15. The van der Waals surface area contributed by atoms with Crippen LogP contribution in [0.25, 0.3) is 0 Å². The molecule has 0 heterocycles. The van der Waals surface area contributed by atoms with Crippen LogP contribution in [0.4, 0.5) is 0 Å². The molecule has 0 aromatic rings. The zero-order valence-electron chi connectivity index (χ0n) is 7.91. The fourth-order valence-corrected chi connectivity index (χ4v) is 1.16. The maximum absolute atomic E-state index is 10.7. The highest BCUT2D eigenvalue weighted by Gasteiger charge is 2.22. The van der Waals surface area contributed by atoms with Gasteiger partial charge in [-0.25, -0.2) is 0 Å². The zero-order chi connectivity index (χ0) is 9.56. The number of methoxy groups -OCH3 is 1. The van der Waals surface area contributed by atoms with Gasteiger partial charge in [0.2, 0.25) is 0 Å². The van der Waals surface area contributed by atoms with E-state index >= 15 is 0 Å². The van der Waals surface area contributed by atoms with Crippen molar-refractivity contribution >= 4 is 5.97 Å². The molecular weight excluding hydrogens is 158 g/mol. The molecule has 0 aliphatic heterocycles. The Morgan fingerprint density at radius 1 is 1.50 bits per heavy atom. The highest BCUT2D eigenvalue weighted by atomic mass is 16.5. The Labute approximate surface area is 73.1 Å². The van der Waals surface area contributed by atoms with E-state index in [9.17, 15) is 4.79 Å². The van der Waals surface area contributed by atoms with Gasteiger partial charge in [0.05, 0.1) is 6.61 Å². The van der Waals surface area contributed by atoms with Gasteiger partial charge in [-0.1, -0.05) is 13.8 Å². The number of likely N-dealkylation sites (N-methyl/N-ethyl adjacent to an activating group) is 1. The van der Waals surface area contributed by atoms with E-state index < -0.39 is 12.0 Å². The fourth-order valence-electron chi connectivity index (χ4n) is 1.16. The van der Waals surface area contributed by atoms with Gasteiger partial charge in [0.25, 0.3) is 0 Å². The predicted molar refractivity (Wildman–Crippen MR) is 46.2 cm³/mol. The van der Waals surface area contributed by atoms with Gasteiger partial charge in [-0.3, -0.25) is 9.69 Å². The number of carboxylic acids is 1. The first-order chi connectivity index (χ1) is 5.67. The summed E-state index contributed by atoms with van der Waals surface area (Å²) in [5.74, 6) is -0.819. The van der Waals surface area contributed by atoms with Crippen molar-refractivity contribution in [2.45, 2.75) is 19.9 Å². The van der Waals surface area contributed by atoms with E-state index in [2.05, 4.69) is 0 Å². The van der Waals surface area contributed by atoms with Gasteiger partial charge in [-0.15, -0.1) is 0 Å². The quantitative estimate of drug-likeness (QED) is 0.636. The van der Waals surface area contributed by atoms with Crippen LogP contribution in [0.2, 0.25) is 0 Å². The molecule has 4 nitrogen and oxygen atoms in total. The third-order valence-corrected chi connectivity index (χ3v) is 1.86. The van der Waals surface area contributed by atoms with Gasteiger partial charge in [0.15, 0.2) is 0 Å². The molecule has 72 valence electrons. The monoisotopic (exact) mass is 175 g/mol. The van der Waals surface area contributed by atoms with E-state index in [-0.39, 0.29) is 6.61 Å². The van der Waals surface area contributed by atoms with E-state index in [1.165, 1.54) is 7.11 Å². The summed E-state index contributed by atoms with van der Waals surface area (Å²) in [5, 5.41) is 8.82. The molecule has 0 aromatic heterocycles. The number of hydrogen-bond acceptors (Lipinski definition) is 3. The normalized spacial score (nSPS) is 13.3. The van der Waals surface area contributed by atoms with Crippen LogP contribution in [0.1, 0.15) is 13.8 Å². The molecule has 1 N–H and O–H groups in total. The lowest BCUT2D eigenvalue weighted by Gasteiger charge is -2.25. The van der Waals surface area contributed by atoms with Crippen LogP contribution in [0.5, 0.6) is 0 Å². The highest BCUT2D eigenvalue weighted by molar-refractivity contribution is 5.73. The molecule has 0 spiro atoms. The van der Waals surface area contributed by atoms with E-state index in [4.69, 9.17) is 9.84 Å². The molecule has 4 heteroatoms. The second kappa shape index (κ2) is 5.97. The first kappa shape index (κ1) is 11.4. The average Bonchev–Trinajstić information content (AvgIpc) is 2.05. The Morgan fingerprint density at radius 2 is 2.00 bits per heavy atom. The van der Waals surface area contributed by atoms with Gasteiger partial charge in [0, 0.05) is 7.11 Å². The number of hydrogen-bond donors (Lipinski definition) is 1. The Hall–Kier alpha value is -0.610. The predicted octanol–water partition coefficient (Wildman–Crippen LogP) is 0.428. The second-order valence-electron chi connectivity index (χ2n) is 2.53. The van der Waals surface area contributed by atoms with Crippen molar-refractivity contribution in [3.63, 3.8) is 0 Å². The number of rotatable bonds is 6. The van der Waals surface area contributed by atoms with Crippen LogP contribution in [-0.4, -0.2) is 48.8 Å². The molecule has 0 radical (unpaired) electrons. The second-order valence-corrected chi connectivity index (χ2v) is 2.53. The summed E-state index contributed by atoms with van der Waals surface area (Å²) in [6.45, 7) is 5.59. The minimum Gasteiger partial charge on any atom is -0.480 e. The minimum absolute atomic E-state index is 0.247. The van der Waals surface area contributed by atoms with Crippen LogP contribution in [-0.2, 0) is 9.53 Å². The molecule has 0 saturated carbocycles. The van der Waals surface area contributed by atoms with Crippen molar-refractivity contribution < 1.29 is 14.6 Å². The zero-order valence-corrected chi connectivity index (χ0v) is 7.91. The van der Waals surface area contributed by atoms with Crippen LogP contribution in [0, 0.1) is 0 Å². The lowest BCUT2D eigenvalue weighted by atomic mass is 10.2. The summed E-state index contributed by atoms with van der Waals surface area (Å²) >= 11 is 0. The van der Waals surface area contributed by atoms with Gasteiger partial charge in [-0.05, 0) is 13.1 Å². The summed E-state index contributed by atoms with van der Waals surface area (Å²) in [5.41, 5.74) is 0. The SMILES string of the molecule is CCN(CC)[C@H](COC)C(=O)O.